The van der Waals surface area contributed by atoms with Crippen LogP contribution in [-0.2, 0) is 12.8 Å². The first-order chi connectivity index (χ1) is 11.8. The molecular formula is C20H21ClN2OS. The third kappa shape index (κ3) is 3.73. The van der Waals surface area contributed by atoms with Crippen LogP contribution in [0.1, 0.15) is 53.6 Å². The lowest BCUT2D eigenvalue weighted by Gasteiger charge is -2.33. The number of rotatable bonds is 2. The van der Waals surface area contributed by atoms with E-state index in [1.165, 1.54) is 4.88 Å². The van der Waals surface area contributed by atoms with Gasteiger partial charge in [0.05, 0.1) is 5.56 Å². The Labute approximate surface area is 157 Å². The highest BCUT2D eigenvalue weighted by atomic mass is 35.5. The molecule has 1 N–H and O–H groups in total. The van der Waals surface area contributed by atoms with E-state index >= 15 is 0 Å². The summed E-state index contributed by atoms with van der Waals surface area (Å²) in [5.41, 5.74) is 2.54. The largest absolute Gasteiger partial charge is 0.312 e. The average molecular weight is 373 g/mol. The van der Waals surface area contributed by atoms with Crippen LogP contribution in [0.2, 0.25) is 5.02 Å². The number of benzene rings is 1. The van der Waals surface area contributed by atoms with Crippen LogP contribution in [0.3, 0.4) is 0 Å². The summed E-state index contributed by atoms with van der Waals surface area (Å²) in [6.07, 6.45) is 2.98. The fourth-order valence-electron chi connectivity index (χ4n) is 3.31. The topological polar surface area (TPSA) is 52.9 Å². The predicted molar refractivity (Wildman–Crippen MR) is 103 cm³/mol. The van der Waals surface area contributed by atoms with Crippen molar-refractivity contribution in [1.82, 2.24) is 0 Å². The van der Waals surface area contributed by atoms with E-state index in [2.05, 4.69) is 32.2 Å². The van der Waals surface area contributed by atoms with Gasteiger partial charge in [-0.05, 0) is 60.4 Å². The van der Waals surface area contributed by atoms with Gasteiger partial charge in [0, 0.05) is 15.5 Å². The van der Waals surface area contributed by atoms with Gasteiger partial charge in [0.25, 0.3) is 5.91 Å². The van der Waals surface area contributed by atoms with Gasteiger partial charge in [-0.3, -0.25) is 4.79 Å². The summed E-state index contributed by atoms with van der Waals surface area (Å²) in [6, 6.07) is 9.05. The molecular weight excluding hydrogens is 352 g/mol. The summed E-state index contributed by atoms with van der Waals surface area (Å²) in [5, 5.41) is 13.8. The number of hydrogen-bond donors (Lipinski definition) is 1. The third-order valence-corrected chi connectivity index (χ3v) is 6.36. The highest BCUT2D eigenvalue weighted by Gasteiger charge is 2.32. The van der Waals surface area contributed by atoms with Crippen molar-refractivity contribution >= 4 is 33.8 Å². The minimum absolute atomic E-state index is 0.209. The number of thiophene rings is 1. The summed E-state index contributed by atoms with van der Waals surface area (Å²) in [6.45, 7) is 6.81. The fourth-order valence-corrected chi connectivity index (χ4v) is 4.71. The van der Waals surface area contributed by atoms with Crippen molar-refractivity contribution < 1.29 is 4.79 Å². The smallest absolute Gasteiger partial charge is 0.256 e. The number of halogens is 1. The zero-order valence-corrected chi connectivity index (χ0v) is 16.2. The van der Waals surface area contributed by atoms with Crippen LogP contribution < -0.4 is 5.32 Å². The van der Waals surface area contributed by atoms with E-state index in [1.807, 2.05) is 0 Å². The van der Waals surface area contributed by atoms with Crippen molar-refractivity contribution in [2.24, 2.45) is 11.3 Å². The van der Waals surface area contributed by atoms with Gasteiger partial charge in [0.1, 0.15) is 11.1 Å². The second-order valence-corrected chi connectivity index (χ2v) is 9.13. The predicted octanol–water partition coefficient (Wildman–Crippen LogP) is 5.68. The van der Waals surface area contributed by atoms with Gasteiger partial charge in [0.2, 0.25) is 0 Å². The van der Waals surface area contributed by atoms with Crippen LogP contribution in [0.25, 0.3) is 0 Å². The van der Waals surface area contributed by atoms with Crippen LogP contribution in [0.4, 0.5) is 5.00 Å². The van der Waals surface area contributed by atoms with Crippen molar-refractivity contribution in [3.05, 3.63) is 50.9 Å². The maximum Gasteiger partial charge on any atom is 0.256 e. The maximum atomic E-state index is 12.5. The van der Waals surface area contributed by atoms with E-state index in [4.69, 9.17) is 11.6 Å². The SMILES string of the molecule is CC(C)(C)[C@@H]1CCc2c(sc(NC(=O)c3ccc(Cl)cc3)c2C#N)C1. The Kier molecular flexibility index (Phi) is 4.90. The van der Waals surface area contributed by atoms with E-state index in [0.717, 1.165) is 24.8 Å². The Bertz CT molecular complexity index is 840. The molecule has 0 spiro atoms. The molecule has 2 aromatic rings. The molecule has 0 unspecified atom stereocenters. The minimum atomic E-state index is -0.209. The molecule has 1 aromatic carbocycles. The number of fused-ring (bicyclic) bond motifs is 1. The van der Waals surface area contributed by atoms with Gasteiger partial charge in [-0.2, -0.15) is 5.26 Å². The Balaban J connectivity index is 1.86. The molecule has 130 valence electrons. The molecule has 1 aliphatic rings. The second-order valence-electron chi connectivity index (χ2n) is 7.59. The second kappa shape index (κ2) is 6.82. The van der Waals surface area contributed by atoms with Crippen LogP contribution in [0, 0.1) is 22.7 Å². The van der Waals surface area contributed by atoms with E-state index in [0.29, 0.717) is 27.1 Å². The number of carbonyl (C=O) groups excluding carboxylic acids is 1. The molecule has 1 aromatic heterocycles. The molecule has 5 heteroatoms. The Morgan fingerprint density at radius 3 is 2.60 bits per heavy atom. The average Bonchev–Trinajstić information content (AvgIpc) is 2.90. The molecule has 1 heterocycles. The standard InChI is InChI=1S/C20H21ClN2OS/c1-20(2,3)13-6-9-15-16(11-22)19(25-17(15)10-13)23-18(24)12-4-7-14(21)8-5-12/h4-5,7-8,13H,6,9-10H2,1-3H3,(H,23,24)/t13-/m1/s1. The van der Waals surface area contributed by atoms with Crippen molar-refractivity contribution in [1.29, 1.82) is 5.26 Å². The number of carbonyl (C=O) groups is 1. The van der Waals surface area contributed by atoms with Crippen molar-refractivity contribution in [3.8, 4) is 6.07 Å². The molecule has 3 rings (SSSR count). The highest BCUT2D eigenvalue weighted by molar-refractivity contribution is 7.16. The van der Waals surface area contributed by atoms with E-state index in [-0.39, 0.29) is 11.3 Å². The molecule has 0 aliphatic heterocycles. The summed E-state index contributed by atoms with van der Waals surface area (Å²) >= 11 is 7.42. The van der Waals surface area contributed by atoms with Gasteiger partial charge in [0.15, 0.2) is 0 Å². The Morgan fingerprint density at radius 2 is 2.00 bits per heavy atom. The van der Waals surface area contributed by atoms with Crippen molar-refractivity contribution in [3.63, 3.8) is 0 Å². The van der Waals surface area contributed by atoms with Crippen molar-refractivity contribution in [2.45, 2.75) is 40.0 Å². The molecule has 1 aliphatic carbocycles. The monoisotopic (exact) mass is 372 g/mol. The van der Waals surface area contributed by atoms with Crippen molar-refractivity contribution in [2.75, 3.05) is 5.32 Å². The molecule has 0 saturated carbocycles. The van der Waals surface area contributed by atoms with E-state index in [9.17, 15) is 10.1 Å². The zero-order valence-electron chi connectivity index (χ0n) is 14.6. The number of amides is 1. The normalized spacial score (nSPS) is 16.8. The molecule has 0 bridgehead atoms. The zero-order chi connectivity index (χ0) is 18.2. The number of nitrogens with zero attached hydrogens (tertiary/aromatic N) is 1. The Morgan fingerprint density at radius 1 is 1.32 bits per heavy atom. The van der Waals surface area contributed by atoms with Gasteiger partial charge >= 0.3 is 0 Å². The summed E-state index contributed by atoms with van der Waals surface area (Å²) in [5.74, 6) is 0.393. The first-order valence-corrected chi connectivity index (χ1v) is 9.60. The van der Waals surface area contributed by atoms with Crippen LogP contribution in [0.5, 0.6) is 0 Å². The number of anilines is 1. The van der Waals surface area contributed by atoms with Crippen LogP contribution >= 0.6 is 22.9 Å². The molecule has 3 nitrogen and oxygen atoms in total. The van der Waals surface area contributed by atoms with E-state index in [1.54, 1.807) is 35.6 Å². The third-order valence-electron chi connectivity index (χ3n) is 4.94. The first kappa shape index (κ1) is 18.0. The van der Waals surface area contributed by atoms with Crippen LogP contribution in [0.15, 0.2) is 24.3 Å². The van der Waals surface area contributed by atoms with Gasteiger partial charge < -0.3 is 5.32 Å². The molecule has 1 atom stereocenters. The molecule has 0 radical (unpaired) electrons. The quantitative estimate of drug-likeness (QED) is 0.737. The number of nitrogens with one attached hydrogen (secondary N) is 1. The molecule has 1 amide bonds. The first-order valence-electron chi connectivity index (χ1n) is 8.41. The Hall–Kier alpha value is -1.83. The lowest BCUT2D eigenvalue weighted by Crippen LogP contribution is -2.26. The maximum absolute atomic E-state index is 12.5. The molecule has 25 heavy (non-hydrogen) atoms. The highest BCUT2D eigenvalue weighted by Crippen LogP contribution is 2.44. The minimum Gasteiger partial charge on any atom is -0.312 e. The summed E-state index contributed by atoms with van der Waals surface area (Å²) < 4.78 is 0. The van der Waals surface area contributed by atoms with E-state index < -0.39 is 0 Å². The fraction of sp³-hybridized carbons (Fsp3) is 0.400. The number of hydrogen-bond acceptors (Lipinski definition) is 3. The summed E-state index contributed by atoms with van der Waals surface area (Å²) in [7, 11) is 0. The van der Waals surface area contributed by atoms with Gasteiger partial charge in [-0.25, -0.2) is 0 Å². The summed E-state index contributed by atoms with van der Waals surface area (Å²) in [4.78, 5) is 13.7. The lowest BCUT2D eigenvalue weighted by molar-refractivity contribution is 0.102. The van der Waals surface area contributed by atoms with Crippen LogP contribution in [-0.4, -0.2) is 5.91 Å². The molecule has 0 fully saturated rings. The lowest BCUT2D eigenvalue weighted by atomic mass is 9.72. The number of nitriles is 1. The molecule has 0 saturated heterocycles. The van der Waals surface area contributed by atoms with Gasteiger partial charge in [-0.15, -0.1) is 11.3 Å². The van der Waals surface area contributed by atoms with Gasteiger partial charge in [-0.1, -0.05) is 32.4 Å².